The molecule has 1 N–H and O–H groups in total. The van der Waals surface area contributed by atoms with E-state index >= 15 is 0 Å². The van der Waals surface area contributed by atoms with E-state index in [0.717, 1.165) is 0 Å². The predicted molar refractivity (Wildman–Crippen MR) is 68.6 cm³/mol. The second-order valence-electron chi connectivity index (χ2n) is 3.12. The summed E-state index contributed by atoms with van der Waals surface area (Å²) in [4.78, 5) is 22.5. The van der Waals surface area contributed by atoms with Crippen molar-refractivity contribution < 1.29 is 19.1 Å². The van der Waals surface area contributed by atoms with Gasteiger partial charge in [0, 0.05) is 22.9 Å². The Hall–Kier alpha value is -1.76. The smallest absolute Gasteiger partial charge is 0.356 e. The Kier molecular flexibility index (Phi) is 5.44. The Balaban J connectivity index is 2.79. The van der Waals surface area contributed by atoms with Crippen LogP contribution in [0.25, 0.3) is 0 Å². The molecule has 0 saturated heterocycles. The van der Waals surface area contributed by atoms with E-state index in [4.69, 9.17) is 4.74 Å². The average Bonchev–Trinajstić information content (AvgIpc) is 2.70. The van der Waals surface area contributed by atoms with E-state index in [1.807, 2.05) is 0 Å². The molecule has 98 valence electrons. The number of hydrogen-bond donors (Lipinski definition) is 1. The molecule has 18 heavy (non-hydrogen) atoms. The third kappa shape index (κ3) is 3.92. The number of aromatic nitrogens is 1. The highest BCUT2D eigenvalue weighted by atomic mass is 79.9. The summed E-state index contributed by atoms with van der Waals surface area (Å²) >= 11 is 3.25. The van der Waals surface area contributed by atoms with E-state index in [1.54, 1.807) is 19.2 Å². The SMILES string of the molecule is CCOC(=O)c1cc(Br)cn1N/C=C/C(=O)OC. The fourth-order valence-electron chi connectivity index (χ4n) is 1.15. The summed E-state index contributed by atoms with van der Waals surface area (Å²) in [6, 6.07) is 1.61. The molecule has 0 amide bonds. The summed E-state index contributed by atoms with van der Waals surface area (Å²) in [6.45, 7) is 2.02. The Morgan fingerprint density at radius 2 is 2.28 bits per heavy atom. The van der Waals surface area contributed by atoms with Gasteiger partial charge < -0.3 is 14.9 Å². The minimum absolute atomic E-state index is 0.291. The molecule has 0 aliphatic heterocycles. The number of rotatable bonds is 5. The van der Waals surface area contributed by atoms with Crippen molar-refractivity contribution in [3.05, 3.63) is 34.7 Å². The van der Waals surface area contributed by atoms with Crippen LogP contribution in [0.4, 0.5) is 0 Å². The molecule has 1 rings (SSSR count). The first-order valence-corrected chi connectivity index (χ1v) is 5.93. The first kappa shape index (κ1) is 14.3. The molecular formula is C11H13BrN2O4. The number of nitrogens with one attached hydrogen (secondary N) is 1. The van der Waals surface area contributed by atoms with Gasteiger partial charge in [-0.25, -0.2) is 9.59 Å². The number of halogens is 1. The number of methoxy groups -OCH3 is 1. The van der Waals surface area contributed by atoms with Crippen LogP contribution in [0.15, 0.2) is 29.0 Å². The van der Waals surface area contributed by atoms with Gasteiger partial charge in [-0.1, -0.05) is 0 Å². The first-order valence-electron chi connectivity index (χ1n) is 5.14. The van der Waals surface area contributed by atoms with Gasteiger partial charge in [-0.3, -0.25) is 4.68 Å². The average molecular weight is 317 g/mol. The topological polar surface area (TPSA) is 69.6 Å². The molecule has 0 atom stereocenters. The van der Waals surface area contributed by atoms with Crippen molar-refractivity contribution in [1.29, 1.82) is 0 Å². The van der Waals surface area contributed by atoms with E-state index in [9.17, 15) is 9.59 Å². The van der Waals surface area contributed by atoms with Crippen molar-refractivity contribution in [3.8, 4) is 0 Å². The van der Waals surface area contributed by atoms with Gasteiger partial charge in [-0.2, -0.15) is 0 Å². The zero-order valence-electron chi connectivity index (χ0n) is 9.97. The number of ether oxygens (including phenoxy) is 2. The maximum Gasteiger partial charge on any atom is 0.356 e. The van der Waals surface area contributed by atoms with E-state index in [2.05, 4.69) is 26.1 Å². The Morgan fingerprint density at radius 1 is 1.56 bits per heavy atom. The molecule has 1 aromatic rings. The van der Waals surface area contributed by atoms with Gasteiger partial charge in [0.05, 0.1) is 13.7 Å². The van der Waals surface area contributed by atoms with Crippen LogP contribution >= 0.6 is 15.9 Å². The molecule has 0 radical (unpaired) electrons. The van der Waals surface area contributed by atoms with Crippen LogP contribution in [-0.4, -0.2) is 30.3 Å². The van der Waals surface area contributed by atoms with Crippen LogP contribution in [0.1, 0.15) is 17.4 Å². The van der Waals surface area contributed by atoms with Crippen LogP contribution in [0.3, 0.4) is 0 Å². The van der Waals surface area contributed by atoms with E-state index in [0.29, 0.717) is 16.8 Å². The van der Waals surface area contributed by atoms with Crippen molar-refractivity contribution in [3.63, 3.8) is 0 Å². The van der Waals surface area contributed by atoms with Gasteiger partial charge in [0.15, 0.2) is 0 Å². The molecule has 6 nitrogen and oxygen atoms in total. The van der Waals surface area contributed by atoms with Gasteiger partial charge in [0.1, 0.15) is 5.69 Å². The lowest BCUT2D eigenvalue weighted by atomic mass is 10.4. The van der Waals surface area contributed by atoms with Gasteiger partial charge in [0.2, 0.25) is 0 Å². The number of nitrogens with zero attached hydrogens (tertiary/aromatic N) is 1. The largest absolute Gasteiger partial charge is 0.466 e. The molecule has 0 spiro atoms. The van der Waals surface area contributed by atoms with Crippen molar-refractivity contribution >= 4 is 27.9 Å². The lowest BCUT2D eigenvalue weighted by Crippen LogP contribution is -2.17. The van der Waals surface area contributed by atoms with Crippen LogP contribution in [0, 0.1) is 0 Å². The zero-order valence-corrected chi connectivity index (χ0v) is 11.6. The maximum atomic E-state index is 11.6. The van der Waals surface area contributed by atoms with Crippen molar-refractivity contribution in [1.82, 2.24) is 4.68 Å². The molecular weight excluding hydrogens is 304 g/mol. The third-order valence-corrected chi connectivity index (χ3v) is 2.34. The summed E-state index contributed by atoms with van der Waals surface area (Å²) in [5, 5.41) is 0. The van der Waals surface area contributed by atoms with Gasteiger partial charge >= 0.3 is 11.9 Å². The van der Waals surface area contributed by atoms with Crippen LogP contribution in [0.5, 0.6) is 0 Å². The van der Waals surface area contributed by atoms with E-state index in [-0.39, 0.29) is 0 Å². The minimum Gasteiger partial charge on any atom is -0.466 e. The molecule has 0 aromatic carbocycles. The quantitative estimate of drug-likeness (QED) is 0.661. The molecule has 0 aliphatic carbocycles. The second kappa shape index (κ2) is 6.85. The maximum absolute atomic E-state index is 11.6. The highest BCUT2D eigenvalue weighted by Crippen LogP contribution is 2.14. The predicted octanol–water partition coefficient (Wildman–Crippen LogP) is 1.66. The summed E-state index contributed by atoms with van der Waals surface area (Å²) in [6.07, 6.45) is 4.19. The van der Waals surface area contributed by atoms with E-state index in [1.165, 1.54) is 24.1 Å². The Labute approximate surface area is 113 Å². The molecule has 0 fully saturated rings. The number of carbonyl (C=O) groups excluding carboxylic acids is 2. The molecule has 7 heteroatoms. The molecule has 1 aromatic heterocycles. The molecule has 0 aliphatic rings. The standard InChI is InChI=1S/C11H13BrN2O4/c1-3-18-11(16)9-6-8(12)7-14(9)13-5-4-10(15)17-2/h4-7,13H,3H2,1-2H3/b5-4+. The van der Waals surface area contributed by atoms with Crippen molar-refractivity contribution in [2.75, 3.05) is 19.1 Å². The van der Waals surface area contributed by atoms with Crippen molar-refractivity contribution in [2.24, 2.45) is 0 Å². The third-order valence-electron chi connectivity index (χ3n) is 1.91. The van der Waals surface area contributed by atoms with Crippen LogP contribution < -0.4 is 5.43 Å². The number of hydrogen-bond acceptors (Lipinski definition) is 5. The fraction of sp³-hybridized carbons (Fsp3) is 0.273. The Morgan fingerprint density at radius 3 is 2.89 bits per heavy atom. The van der Waals surface area contributed by atoms with Crippen LogP contribution in [0.2, 0.25) is 0 Å². The van der Waals surface area contributed by atoms with Gasteiger partial charge in [-0.05, 0) is 28.9 Å². The summed E-state index contributed by atoms with van der Waals surface area (Å²) in [7, 11) is 1.28. The monoisotopic (exact) mass is 316 g/mol. The highest BCUT2D eigenvalue weighted by Gasteiger charge is 2.13. The highest BCUT2D eigenvalue weighted by molar-refractivity contribution is 9.10. The molecule has 0 bridgehead atoms. The fourth-order valence-corrected chi connectivity index (χ4v) is 1.57. The molecule has 0 unspecified atom stereocenters. The zero-order chi connectivity index (χ0) is 13.5. The summed E-state index contributed by atoms with van der Waals surface area (Å²) in [5.41, 5.74) is 3.06. The van der Waals surface area contributed by atoms with Gasteiger partial charge in [0.25, 0.3) is 0 Å². The Bertz CT molecular complexity index is 468. The summed E-state index contributed by atoms with van der Waals surface area (Å²) in [5.74, 6) is -0.950. The second-order valence-corrected chi connectivity index (χ2v) is 4.04. The number of esters is 2. The number of carbonyl (C=O) groups is 2. The lowest BCUT2D eigenvalue weighted by molar-refractivity contribution is -0.134. The first-order chi connectivity index (χ1) is 8.58. The summed E-state index contributed by atoms with van der Waals surface area (Å²) < 4.78 is 11.5. The van der Waals surface area contributed by atoms with Crippen molar-refractivity contribution in [2.45, 2.75) is 6.92 Å². The minimum atomic E-state index is -0.494. The lowest BCUT2D eigenvalue weighted by Gasteiger charge is -2.07. The molecule has 0 saturated carbocycles. The van der Waals surface area contributed by atoms with Crippen LogP contribution in [-0.2, 0) is 14.3 Å². The normalized spacial score (nSPS) is 10.4. The molecule has 1 heterocycles. The van der Waals surface area contributed by atoms with Gasteiger partial charge in [-0.15, -0.1) is 0 Å². The van der Waals surface area contributed by atoms with E-state index < -0.39 is 11.9 Å².